The van der Waals surface area contributed by atoms with Crippen LogP contribution in [-0.2, 0) is 22.6 Å². The summed E-state index contributed by atoms with van der Waals surface area (Å²) in [5.41, 5.74) is -0.941. The number of nitrogens with zero attached hydrogens (tertiary/aromatic N) is 3. The zero-order chi connectivity index (χ0) is 34.5. The Labute approximate surface area is 263 Å². The summed E-state index contributed by atoms with van der Waals surface area (Å²) in [7, 11) is -4.02. The Morgan fingerprint density at radius 3 is 2.15 bits per heavy atom. The van der Waals surface area contributed by atoms with Crippen molar-refractivity contribution in [3.63, 3.8) is 0 Å². The topological polar surface area (TPSA) is 107 Å². The second kappa shape index (κ2) is 12.2. The van der Waals surface area contributed by atoms with Crippen LogP contribution in [0, 0.1) is 5.82 Å². The number of hydrogen-bond acceptors (Lipinski definition) is 7. The second-order valence-corrected chi connectivity index (χ2v) is 12.7. The van der Waals surface area contributed by atoms with Gasteiger partial charge in [-0.25, -0.2) is 22.5 Å². The van der Waals surface area contributed by atoms with E-state index in [0.717, 1.165) is 47.5 Å². The summed E-state index contributed by atoms with van der Waals surface area (Å²) in [6.45, 7) is 2.60. The number of alkyl halides is 6. The summed E-state index contributed by atoms with van der Waals surface area (Å²) in [4.78, 5) is 4.11. The van der Waals surface area contributed by atoms with Crippen LogP contribution in [0.2, 0.25) is 0 Å². The molecule has 3 aromatic carbocycles. The van der Waals surface area contributed by atoms with Crippen LogP contribution >= 0.6 is 0 Å². The number of rotatable bonds is 8. The monoisotopic (exact) mass is 683 g/mol. The van der Waals surface area contributed by atoms with E-state index >= 15 is 4.39 Å². The van der Waals surface area contributed by atoms with Crippen molar-refractivity contribution in [3.8, 4) is 45.1 Å². The van der Waals surface area contributed by atoms with Crippen LogP contribution in [0.4, 0.5) is 30.7 Å². The maximum Gasteiger partial charge on any atom is 0.573 e. The molecule has 2 aromatic heterocycles. The van der Waals surface area contributed by atoms with Crippen molar-refractivity contribution < 1.29 is 53.4 Å². The molecular weight excluding hydrogens is 659 g/mol. The smallest absolute Gasteiger partial charge is 0.440 e. The maximum absolute atomic E-state index is 15.1. The van der Waals surface area contributed by atoms with E-state index in [1.807, 2.05) is 0 Å². The number of aliphatic hydroxyl groups is 1. The number of oxazole rings is 1. The molecule has 8 nitrogen and oxygen atoms in total. The fraction of sp³-hybridized carbons (Fsp3) is 0.226. The predicted molar refractivity (Wildman–Crippen MR) is 155 cm³/mol. The number of hydrogen-bond donors (Lipinski definition) is 1. The Bertz CT molecular complexity index is 2050. The quantitative estimate of drug-likeness (QED) is 0.166. The van der Waals surface area contributed by atoms with Gasteiger partial charge in [-0.15, -0.1) is 13.2 Å². The molecule has 0 fully saturated rings. The van der Waals surface area contributed by atoms with Crippen molar-refractivity contribution in [1.82, 2.24) is 14.8 Å². The molecular formula is C31H24F7N3O5S. The lowest BCUT2D eigenvalue weighted by Crippen LogP contribution is -2.16. The van der Waals surface area contributed by atoms with Gasteiger partial charge in [-0.3, -0.25) is 0 Å². The summed E-state index contributed by atoms with van der Waals surface area (Å²) >= 11 is 0. The first kappa shape index (κ1) is 33.7. The van der Waals surface area contributed by atoms with Gasteiger partial charge in [0, 0.05) is 35.1 Å². The molecule has 248 valence electrons. The Balaban J connectivity index is 1.77. The van der Waals surface area contributed by atoms with E-state index in [4.69, 9.17) is 4.42 Å². The second-order valence-electron chi connectivity index (χ2n) is 10.7. The van der Waals surface area contributed by atoms with Gasteiger partial charge in [0.05, 0.1) is 17.2 Å². The molecule has 2 heterocycles. The predicted octanol–water partition coefficient (Wildman–Crippen LogP) is 7.94. The van der Waals surface area contributed by atoms with Crippen LogP contribution in [0.25, 0.3) is 39.4 Å². The van der Waals surface area contributed by atoms with Crippen molar-refractivity contribution in [2.75, 3.05) is 6.26 Å². The highest BCUT2D eigenvalue weighted by Crippen LogP contribution is 2.41. The zero-order valence-corrected chi connectivity index (χ0v) is 25.4. The molecule has 0 saturated heterocycles. The zero-order valence-electron chi connectivity index (χ0n) is 24.6. The molecule has 16 heteroatoms. The number of ether oxygens (including phenoxy) is 1. The van der Waals surface area contributed by atoms with E-state index in [1.54, 1.807) is 13.8 Å². The van der Waals surface area contributed by atoms with Gasteiger partial charge < -0.3 is 14.3 Å². The Hall–Kier alpha value is -4.70. The van der Waals surface area contributed by atoms with Crippen molar-refractivity contribution in [2.45, 2.75) is 43.8 Å². The standard InChI is InChI=1S/C31H24F7N3O5S/c1-16(2)29-39-27(28(45-29)17-4-7-20(8-5-17)46-31(36,37)38)21-12-18(6-9-24(21)41-11-10-26(40-41)30(33,34)35)19-13-23(32)22(15-42)25(14-19)47(3,43)44/h4-14,16,42H,15H2,1-3H3. The highest BCUT2D eigenvalue weighted by atomic mass is 32.2. The number of aliphatic hydroxyl groups excluding tert-OH is 1. The van der Waals surface area contributed by atoms with Gasteiger partial charge in [0.15, 0.2) is 27.2 Å². The van der Waals surface area contributed by atoms with Crippen LogP contribution in [0.15, 0.2) is 76.2 Å². The van der Waals surface area contributed by atoms with Crippen molar-refractivity contribution in [1.29, 1.82) is 0 Å². The molecule has 0 spiro atoms. The van der Waals surface area contributed by atoms with Crippen molar-refractivity contribution in [2.24, 2.45) is 0 Å². The Kier molecular flexibility index (Phi) is 8.70. The molecule has 0 aliphatic carbocycles. The lowest BCUT2D eigenvalue weighted by atomic mass is 9.97. The summed E-state index contributed by atoms with van der Waals surface area (Å²) in [5, 5.41) is 13.3. The number of benzene rings is 3. The van der Waals surface area contributed by atoms with Gasteiger partial charge in [-0.05, 0) is 65.7 Å². The Morgan fingerprint density at radius 1 is 0.936 bits per heavy atom. The third-order valence-corrected chi connectivity index (χ3v) is 8.07. The third kappa shape index (κ3) is 7.17. The SMILES string of the molecule is CC(C)c1nc(-c2cc(-c3cc(F)c(CO)c(S(C)(=O)=O)c3)ccc2-n2ccc(C(F)(F)F)n2)c(-c2ccc(OC(F)(F)F)cc2)o1. The highest BCUT2D eigenvalue weighted by Gasteiger charge is 2.34. The fourth-order valence-electron chi connectivity index (χ4n) is 4.75. The molecule has 5 rings (SSSR count). The first-order valence-corrected chi connectivity index (χ1v) is 15.5. The van der Waals surface area contributed by atoms with Gasteiger partial charge >= 0.3 is 12.5 Å². The van der Waals surface area contributed by atoms with E-state index in [0.29, 0.717) is 0 Å². The van der Waals surface area contributed by atoms with Gasteiger partial charge in [-0.1, -0.05) is 19.9 Å². The molecule has 47 heavy (non-hydrogen) atoms. The van der Waals surface area contributed by atoms with Gasteiger partial charge in [0.1, 0.15) is 17.3 Å². The summed E-state index contributed by atoms with van der Waals surface area (Å²) in [6.07, 6.45) is -7.81. The largest absolute Gasteiger partial charge is 0.573 e. The maximum atomic E-state index is 15.1. The number of aromatic nitrogens is 3. The lowest BCUT2D eigenvalue weighted by molar-refractivity contribution is -0.274. The van der Waals surface area contributed by atoms with Crippen LogP contribution in [-0.4, -0.2) is 40.9 Å². The lowest BCUT2D eigenvalue weighted by Gasteiger charge is -2.14. The van der Waals surface area contributed by atoms with Gasteiger partial charge in [0.25, 0.3) is 0 Å². The molecule has 0 radical (unpaired) electrons. The molecule has 0 saturated carbocycles. The minimum atomic E-state index is -4.94. The van der Waals surface area contributed by atoms with E-state index < -0.39 is 56.7 Å². The molecule has 0 aliphatic heterocycles. The first-order chi connectivity index (χ1) is 21.9. The molecule has 0 unspecified atom stereocenters. The van der Waals surface area contributed by atoms with Crippen LogP contribution in [0.1, 0.15) is 36.9 Å². The molecule has 0 atom stereocenters. The van der Waals surface area contributed by atoms with Crippen LogP contribution in [0.5, 0.6) is 5.75 Å². The number of sulfone groups is 1. The van der Waals surface area contributed by atoms with Gasteiger partial charge in [0.2, 0.25) is 0 Å². The average Bonchev–Trinajstić information content (AvgIpc) is 3.64. The van der Waals surface area contributed by atoms with E-state index in [-0.39, 0.29) is 51.2 Å². The highest BCUT2D eigenvalue weighted by molar-refractivity contribution is 7.90. The van der Waals surface area contributed by atoms with E-state index in [9.17, 15) is 39.9 Å². The fourth-order valence-corrected chi connectivity index (χ4v) is 5.70. The minimum Gasteiger partial charge on any atom is -0.440 e. The van der Waals surface area contributed by atoms with Crippen molar-refractivity contribution >= 4 is 9.84 Å². The van der Waals surface area contributed by atoms with Crippen molar-refractivity contribution in [3.05, 3.63) is 89.8 Å². The van der Waals surface area contributed by atoms with E-state index in [1.165, 1.54) is 30.3 Å². The Morgan fingerprint density at radius 2 is 1.60 bits per heavy atom. The molecule has 1 N–H and O–H groups in total. The molecule has 0 aliphatic rings. The molecule has 5 aromatic rings. The van der Waals surface area contributed by atoms with E-state index in [2.05, 4.69) is 14.8 Å². The minimum absolute atomic E-state index is 0.0347. The summed E-state index contributed by atoms with van der Waals surface area (Å²) in [5.74, 6) is -1.63. The van der Waals surface area contributed by atoms with Crippen LogP contribution < -0.4 is 4.74 Å². The first-order valence-electron chi connectivity index (χ1n) is 13.6. The van der Waals surface area contributed by atoms with Crippen LogP contribution in [0.3, 0.4) is 0 Å². The molecule has 0 bridgehead atoms. The summed E-state index contributed by atoms with van der Waals surface area (Å²) in [6, 6.07) is 11.7. The number of halogens is 7. The van der Waals surface area contributed by atoms with Gasteiger partial charge in [-0.2, -0.15) is 18.3 Å². The third-order valence-electron chi connectivity index (χ3n) is 6.91. The average molecular weight is 684 g/mol. The normalized spacial score (nSPS) is 12.6. The summed E-state index contributed by atoms with van der Waals surface area (Å²) < 4.78 is 130. The molecule has 0 amide bonds.